The number of hydrogen-bond donors (Lipinski definition) is 1. The van der Waals surface area contributed by atoms with Gasteiger partial charge in [0.05, 0.1) is 6.42 Å². The van der Waals surface area contributed by atoms with Gasteiger partial charge in [-0.25, -0.2) is 0 Å². The van der Waals surface area contributed by atoms with E-state index in [9.17, 15) is 19.2 Å². The Morgan fingerprint density at radius 1 is 0.369 bits per heavy atom. The van der Waals surface area contributed by atoms with Gasteiger partial charge >= 0.3 is 23.9 Å². The molecule has 0 heterocycles. The van der Waals surface area contributed by atoms with Crippen LogP contribution in [-0.4, -0.2) is 64.9 Å². The Morgan fingerprint density at radius 2 is 0.631 bits per heavy atom. The van der Waals surface area contributed by atoms with Gasteiger partial charge in [0.15, 0.2) is 29.7 Å². The summed E-state index contributed by atoms with van der Waals surface area (Å²) in [6, 6.07) is 0. The molecular formula is C54H102Cl2NO8+. The molecule has 0 rings (SSSR count). The Kier molecular flexibility index (Phi) is 47.7. The molecule has 0 fully saturated rings. The Balaban J connectivity index is 4.29. The van der Waals surface area contributed by atoms with E-state index in [1.165, 1.54) is 167 Å². The summed E-state index contributed by atoms with van der Waals surface area (Å²) >= 11 is 12.3. The van der Waals surface area contributed by atoms with Gasteiger partial charge in [0, 0.05) is 19.3 Å². The number of aliphatic carboxylic acids is 1. The number of ether oxygens (including phenoxy) is 3. The summed E-state index contributed by atoms with van der Waals surface area (Å²) in [6.07, 6.45) is 46.9. The van der Waals surface area contributed by atoms with Crippen LogP contribution in [0.15, 0.2) is 0 Å². The van der Waals surface area contributed by atoms with Crippen molar-refractivity contribution in [2.45, 2.75) is 296 Å². The number of carboxylic acid groups (broad SMARTS) is 1. The van der Waals surface area contributed by atoms with Crippen LogP contribution in [0.1, 0.15) is 290 Å². The Bertz CT molecular complexity index is 1090. The lowest BCUT2D eigenvalue weighted by Crippen LogP contribution is -2.30. The van der Waals surface area contributed by atoms with Gasteiger partial charge in [-0.1, -0.05) is 232 Å². The molecule has 0 saturated heterocycles. The van der Waals surface area contributed by atoms with Gasteiger partial charge in [-0.05, 0) is 32.1 Å². The van der Waals surface area contributed by atoms with Crippen molar-refractivity contribution in [2.75, 3.05) is 26.3 Å². The van der Waals surface area contributed by atoms with Crippen molar-refractivity contribution in [3.8, 4) is 0 Å². The summed E-state index contributed by atoms with van der Waals surface area (Å²) in [4.78, 5) is 48.8. The molecule has 0 aromatic heterocycles. The summed E-state index contributed by atoms with van der Waals surface area (Å²) in [5.41, 5.74) is 0. The summed E-state index contributed by atoms with van der Waals surface area (Å²) in [5, 5.41) is 8.81. The van der Waals surface area contributed by atoms with E-state index < -0.39 is 12.1 Å². The van der Waals surface area contributed by atoms with Crippen molar-refractivity contribution in [2.24, 2.45) is 0 Å². The fraction of sp³-hybridized carbons (Fsp3) is 0.926. The summed E-state index contributed by atoms with van der Waals surface area (Å²) in [7, 11) is 0. The third-order valence-electron chi connectivity index (χ3n) is 12.6. The van der Waals surface area contributed by atoms with E-state index >= 15 is 0 Å². The van der Waals surface area contributed by atoms with Gasteiger partial charge < -0.3 is 19.3 Å². The summed E-state index contributed by atoms with van der Waals surface area (Å²) < 4.78 is 16.5. The van der Waals surface area contributed by atoms with E-state index in [2.05, 4.69) is 13.8 Å². The molecule has 1 unspecified atom stereocenters. The molecule has 0 saturated carbocycles. The van der Waals surface area contributed by atoms with Crippen LogP contribution < -0.4 is 0 Å². The van der Waals surface area contributed by atoms with E-state index in [1.54, 1.807) is 0 Å². The monoisotopic (exact) mass is 963 g/mol. The maximum atomic E-state index is 12.8. The molecule has 1 N–H and O–H groups in total. The second-order valence-electron chi connectivity index (χ2n) is 19.2. The van der Waals surface area contributed by atoms with Gasteiger partial charge in [0.2, 0.25) is 0 Å². The van der Waals surface area contributed by atoms with Gasteiger partial charge in [0.25, 0.3) is 0 Å². The zero-order valence-electron chi connectivity index (χ0n) is 42.3. The lowest BCUT2D eigenvalue weighted by molar-refractivity contribution is -0.690. The molecule has 0 amide bonds. The first-order chi connectivity index (χ1) is 31.6. The number of hydrogen-bond acceptors (Lipinski definition) is 7. The molecule has 0 aromatic rings. The van der Waals surface area contributed by atoms with E-state index in [4.69, 9.17) is 42.9 Å². The zero-order valence-corrected chi connectivity index (χ0v) is 43.8. The summed E-state index contributed by atoms with van der Waals surface area (Å²) in [5.74, 6) is -1.80. The van der Waals surface area contributed by atoms with Crippen LogP contribution in [0.5, 0.6) is 0 Å². The second-order valence-corrected chi connectivity index (χ2v) is 20.6. The minimum atomic E-state index is -0.879. The first kappa shape index (κ1) is 63.4. The number of carboxylic acids is 1. The van der Waals surface area contributed by atoms with Crippen LogP contribution in [0.3, 0.4) is 0 Å². The zero-order chi connectivity index (χ0) is 47.7. The molecule has 0 aliphatic carbocycles. The molecule has 0 aliphatic rings. The van der Waals surface area contributed by atoms with E-state index in [0.29, 0.717) is 25.8 Å². The van der Waals surface area contributed by atoms with Gasteiger partial charge in [0.1, 0.15) is 26.3 Å². The average molecular weight is 964 g/mol. The summed E-state index contributed by atoms with van der Waals surface area (Å²) in [6.45, 7) is 5.14. The molecule has 0 aliphatic heterocycles. The molecule has 1 atom stereocenters. The highest BCUT2D eigenvalue weighted by atomic mass is 35.5. The standard InChI is InChI=1S/C54H101Cl2NO8/c1-3-5-7-9-11-13-15-18-22-26-30-34-38-42-52(60)63-48-50(65-54(62)44-40-36-32-28-24-19-16-14-12-10-8-6-4-2)49-64-53(61)43-39-35-31-27-23-20-17-21-25-29-33-37-41-46-57(55,56)47-45-51(58)59/h50H,3-49H2,1-2H3/p+1. The van der Waals surface area contributed by atoms with Crippen LogP contribution in [0.25, 0.3) is 0 Å². The Hall–Kier alpha value is -1.58. The number of carbonyl (C=O) groups excluding carboxylic acids is 3. The molecule has 0 spiro atoms. The smallest absolute Gasteiger partial charge is 0.309 e. The molecule has 11 heteroatoms. The van der Waals surface area contributed by atoms with E-state index in [1.807, 2.05) is 0 Å². The number of rotatable bonds is 52. The largest absolute Gasteiger partial charge is 0.481 e. The lowest BCUT2D eigenvalue weighted by Gasteiger charge is -2.18. The molecule has 384 valence electrons. The number of esters is 3. The van der Waals surface area contributed by atoms with Crippen molar-refractivity contribution < 1.29 is 42.0 Å². The van der Waals surface area contributed by atoms with Gasteiger partial charge in [-0.2, -0.15) is 0 Å². The number of carbonyl (C=O) groups is 4. The highest BCUT2D eigenvalue weighted by molar-refractivity contribution is 6.23. The fourth-order valence-corrected chi connectivity index (χ4v) is 8.79. The molecule has 0 bridgehead atoms. The quantitative estimate of drug-likeness (QED) is 0.0277. The minimum Gasteiger partial charge on any atom is -0.481 e. The van der Waals surface area contributed by atoms with Crippen molar-refractivity contribution in [3.63, 3.8) is 0 Å². The van der Waals surface area contributed by atoms with Crippen LogP contribution in [-0.2, 0) is 33.4 Å². The molecule has 9 nitrogen and oxygen atoms in total. The normalized spacial score (nSPS) is 12.1. The van der Waals surface area contributed by atoms with Crippen molar-refractivity contribution in [1.29, 1.82) is 0 Å². The highest BCUT2D eigenvalue weighted by Gasteiger charge is 2.24. The topological polar surface area (TPSA) is 116 Å². The molecule has 0 radical (unpaired) electrons. The van der Waals surface area contributed by atoms with Crippen LogP contribution >= 0.6 is 23.6 Å². The van der Waals surface area contributed by atoms with Crippen molar-refractivity contribution in [1.82, 2.24) is 0 Å². The molecule has 0 aromatic carbocycles. The van der Waals surface area contributed by atoms with Gasteiger partial charge in [-0.3, -0.25) is 19.2 Å². The first-order valence-corrected chi connectivity index (χ1v) is 28.3. The number of nitrogens with zero attached hydrogens (tertiary/aromatic N) is 1. The number of unbranched alkanes of at least 4 members (excludes halogenated alkanes) is 36. The SMILES string of the molecule is CCCCCCCCCCCCCCCC(=O)OCC(COC(=O)CCCCCCCCCCCCCCC[N+](Cl)(Cl)CCC(=O)O)OC(=O)CCCCCCCCCCCCCCC. The van der Waals surface area contributed by atoms with Crippen molar-refractivity contribution in [3.05, 3.63) is 0 Å². The van der Waals surface area contributed by atoms with Crippen LogP contribution in [0.4, 0.5) is 0 Å². The third-order valence-corrected chi connectivity index (χ3v) is 13.3. The number of quaternary nitrogens is 1. The Labute approximate surface area is 410 Å². The highest BCUT2D eigenvalue weighted by Crippen LogP contribution is 2.21. The maximum Gasteiger partial charge on any atom is 0.309 e. The maximum absolute atomic E-state index is 12.8. The Morgan fingerprint density at radius 3 is 0.923 bits per heavy atom. The molecular weight excluding hydrogens is 861 g/mol. The molecule has 65 heavy (non-hydrogen) atoms. The predicted octanol–water partition coefficient (Wildman–Crippen LogP) is 17.0. The first-order valence-electron chi connectivity index (χ1n) is 27.6. The second kappa shape index (κ2) is 48.9. The third kappa shape index (κ3) is 50.1. The van der Waals surface area contributed by atoms with Gasteiger partial charge in [-0.15, -0.1) is 3.52 Å². The van der Waals surface area contributed by atoms with Crippen LogP contribution in [0, 0.1) is 0 Å². The predicted molar refractivity (Wildman–Crippen MR) is 271 cm³/mol. The van der Waals surface area contributed by atoms with E-state index in [0.717, 1.165) is 83.5 Å². The average Bonchev–Trinajstić information content (AvgIpc) is 3.28. The van der Waals surface area contributed by atoms with Crippen LogP contribution in [0.2, 0.25) is 0 Å². The lowest BCUT2D eigenvalue weighted by atomic mass is 10.0. The fourth-order valence-electron chi connectivity index (χ4n) is 8.38. The number of halogens is 2. The minimum absolute atomic E-state index is 0.0234. The van der Waals surface area contributed by atoms with E-state index in [-0.39, 0.29) is 47.6 Å². The van der Waals surface area contributed by atoms with Crippen molar-refractivity contribution >= 4 is 47.4 Å².